The Morgan fingerprint density at radius 3 is 1.81 bits per heavy atom. The van der Waals surface area contributed by atoms with Crippen LogP contribution >= 0.6 is 23.5 Å². The van der Waals surface area contributed by atoms with Crippen LogP contribution in [-0.2, 0) is 0 Å². The second kappa shape index (κ2) is 12.1. The lowest BCUT2D eigenvalue weighted by Gasteiger charge is -2.33. The highest BCUT2D eigenvalue weighted by Gasteiger charge is 2.41. The van der Waals surface area contributed by atoms with E-state index in [0.717, 1.165) is 57.2 Å². The van der Waals surface area contributed by atoms with Crippen LogP contribution in [0.3, 0.4) is 0 Å². The number of benzene rings is 6. The van der Waals surface area contributed by atoms with Gasteiger partial charge >= 0.3 is 0 Å². The van der Waals surface area contributed by atoms with E-state index in [1.807, 2.05) is 81.8 Å². The third-order valence-corrected chi connectivity index (χ3v) is 14.2. The van der Waals surface area contributed by atoms with Gasteiger partial charge in [0.1, 0.15) is 23.0 Å². The summed E-state index contributed by atoms with van der Waals surface area (Å²) in [5.74, 6) is 3.42. The first-order valence-electron chi connectivity index (χ1n) is 19.1. The standard InChI is InChI=1S/C47H28B2N4O2S2/c1-5-40-46-41(6-1)55-39-16-13-32(52-21-3-19-50-52)26-35(39)48(46)34-24-30(11-15-38(34)54-40)28-9-10-29(23-28)31-12-17-42-36(25-31)49-37-27-33(53-22-4-20-51-53)14-18-43(37)57-45-8-2-7-44(56-42)47(45)49/h1-9,11-27H,10H2. The summed E-state index contributed by atoms with van der Waals surface area (Å²) in [4.78, 5) is 5.33. The predicted octanol–water partition coefficient (Wildman–Crippen LogP) is 7.10. The number of rotatable bonds is 4. The van der Waals surface area contributed by atoms with Gasteiger partial charge in [-0.2, -0.15) is 10.2 Å². The molecule has 5 aliphatic rings. The molecule has 0 radical (unpaired) electrons. The first kappa shape index (κ1) is 31.8. The van der Waals surface area contributed by atoms with Crippen LogP contribution in [-0.4, -0.2) is 33.0 Å². The molecule has 8 aromatic rings. The normalized spacial score (nSPS) is 14.9. The first-order valence-corrected chi connectivity index (χ1v) is 20.8. The Bertz CT molecular complexity index is 3060. The van der Waals surface area contributed by atoms with E-state index in [0.29, 0.717) is 0 Å². The van der Waals surface area contributed by atoms with Crippen molar-refractivity contribution in [3.8, 4) is 34.4 Å². The van der Waals surface area contributed by atoms with Gasteiger partial charge in [0.05, 0.1) is 11.4 Å². The average molecular weight is 767 g/mol. The molecule has 6 nitrogen and oxygen atoms in total. The molecule has 0 unspecified atom stereocenters. The fraction of sp³-hybridized carbons (Fsp3) is 0.0213. The van der Waals surface area contributed by atoms with Gasteiger partial charge < -0.3 is 9.47 Å². The highest BCUT2D eigenvalue weighted by atomic mass is 32.2. The van der Waals surface area contributed by atoms with E-state index in [9.17, 15) is 0 Å². The lowest BCUT2D eigenvalue weighted by atomic mass is 9.34. The van der Waals surface area contributed by atoms with Gasteiger partial charge in [-0.25, -0.2) is 9.36 Å². The smallest absolute Gasteiger partial charge is 0.260 e. The molecule has 57 heavy (non-hydrogen) atoms. The number of hydrogen-bond acceptors (Lipinski definition) is 6. The molecular formula is C47H28B2N4O2S2. The van der Waals surface area contributed by atoms with Crippen LogP contribution in [0.25, 0.3) is 22.5 Å². The van der Waals surface area contributed by atoms with Crippen molar-refractivity contribution in [2.75, 3.05) is 0 Å². The second-order valence-corrected chi connectivity index (χ2v) is 17.2. The molecule has 1 aliphatic carbocycles. The highest BCUT2D eigenvalue weighted by Crippen LogP contribution is 2.41. The number of nitrogens with zero attached hydrogens (tertiary/aromatic N) is 4. The summed E-state index contributed by atoms with van der Waals surface area (Å²) in [6, 6.07) is 43.7. The van der Waals surface area contributed by atoms with E-state index in [1.54, 1.807) is 6.20 Å². The summed E-state index contributed by atoms with van der Waals surface area (Å²) < 4.78 is 16.9. The van der Waals surface area contributed by atoms with Crippen molar-refractivity contribution in [1.82, 2.24) is 19.6 Å². The summed E-state index contributed by atoms with van der Waals surface area (Å²) in [6.07, 6.45) is 13.3. The Labute approximate surface area is 338 Å². The van der Waals surface area contributed by atoms with Crippen LogP contribution in [0, 0.1) is 0 Å². The summed E-state index contributed by atoms with van der Waals surface area (Å²) >= 11 is 3.78. The van der Waals surface area contributed by atoms with Crippen LogP contribution in [0.4, 0.5) is 0 Å². The molecule has 0 amide bonds. The number of hydrogen-bond donors (Lipinski definition) is 0. The average Bonchev–Trinajstić information content (AvgIpc) is 4.08. The van der Waals surface area contributed by atoms with Gasteiger partial charge in [0.25, 0.3) is 6.71 Å². The molecule has 0 N–H and O–H groups in total. The number of aromatic nitrogens is 4. The van der Waals surface area contributed by atoms with E-state index in [4.69, 9.17) is 9.47 Å². The zero-order valence-corrected chi connectivity index (χ0v) is 31.9. The second-order valence-electron chi connectivity index (χ2n) is 15.0. The molecule has 0 bridgehead atoms. The molecule has 2 aromatic heterocycles. The number of ether oxygens (including phenoxy) is 2. The quantitative estimate of drug-likeness (QED) is 0.178. The molecule has 10 heteroatoms. The van der Waals surface area contributed by atoms with Crippen molar-refractivity contribution >= 4 is 80.9 Å². The molecule has 0 atom stereocenters. The third kappa shape index (κ3) is 4.84. The minimum absolute atomic E-state index is 0.0409. The van der Waals surface area contributed by atoms with Crippen LogP contribution in [0.15, 0.2) is 178 Å². The zero-order chi connectivity index (χ0) is 37.2. The maximum atomic E-state index is 6.57. The fourth-order valence-electron chi connectivity index (χ4n) is 9.28. The molecule has 266 valence electrons. The van der Waals surface area contributed by atoms with Crippen molar-refractivity contribution in [2.45, 2.75) is 26.0 Å². The van der Waals surface area contributed by atoms with Gasteiger partial charge in [-0.05, 0) is 130 Å². The number of allylic oxidation sites excluding steroid dienone is 4. The Kier molecular flexibility index (Phi) is 6.74. The Morgan fingerprint density at radius 1 is 0.509 bits per heavy atom. The lowest BCUT2D eigenvalue weighted by Crippen LogP contribution is -2.58. The van der Waals surface area contributed by atoms with Crippen molar-refractivity contribution in [3.63, 3.8) is 0 Å². The Morgan fingerprint density at radius 2 is 1.09 bits per heavy atom. The highest BCUT2D eigenvalue weighted by molar-refractivity contribution is 8.01. The van der Waals surface area contributed by atoms with E-state index in [-0.39, 0.29) is 13.4 Å². The monoisotopic (exact) mass is 766 g/mol. The third-order valence-electron chi connectivity index (χ3n) is 11.9. The molecule has 6 aromatic carbocycles. The SMILES string of the molecule is C1=C(c2ccc3c(c2)B2c4cc(-n5cccn5)ccc4Oc4cccc(c42)O3)C=C(c2ccc3c(c2)B2c4cc(-n5cccn5)ccc4Sc4cccc(c42)S3)C1. The van der Waals surface area contributed by atoms with Gasteiger partial charge in [0.2, 0.25) is 6.71 Å². The van der Waals surface area contributed by atoms with Crippen molar-refractivity contribution in [3.05, 3.63) is 169 Å². The van der Waals surface area contributed by atoms with E-state index < -0.39 is 0 Å². The van der Waals surface area contributed by atoms with E-state index in [2.05, 4.69) is 113 Å². The minimum Gasteiger partial charge on any atom is -0.458 e. The van der Waals surface area contributed by atoms with Crippen molar-refractivity contribution in [2.24, 2.45) is 0 Å². The lowest BCUT2D eigenvalue weighted by molar-refractivity contribution is 0.464. The van der Waals surface area contributed by atoms with Gasteiger partial charge in [-0.3, -0.25) is 0 Å². The predicted molar refractivity (Wildman–Crippen MR) is 231 cm³/mol. The van der Waals surface area contributed by atoms with Gasteiger partial charge in [-0.1, -0.05) is 83.0 Å². The largest absolute Gasteiger partial charge is 0.458 e. The molecule has 13 rings (SSSR count). The van der Waals surface area contributed by atoms with Crippen molar-refractivity contribution in [1.29, 1.82) is 0 Å². The molecule has 0 saturated carbocycles. The topological polar surface area (TPSA) is 54.1 Å². The Hall–Kier alpha value is -6.35. The Balaban J connectivity index is 0.885. The summed E-state index contributed by atoms with van der Waals surface area (Å²) in [5, 5.41) is 9.06. The van der Waals surface area contributed by atoms with Gasteiger partial charge in [0.15, 0.2) is 0 Å². The summed E-state index contributed by atoms with van der Waals surface area (Å²) in [7, 11) is 0. The van der Waals surface area contributed by atoms with Crippen LogP contribution < -0.4 is 42.3 Å². The molecule has 4 aliphatic heterocycles. The number of fused-ring (bicyclic) bond motifs is 8. The van der Waals surface area contributed by atoms with E-state index in [1.165, 1.54) is 58.2 Å². The minimum atomic E-state index is -0.0409. The van der Waals surface area contributed by atoms with E-state index >= 15 is 0 Å². The first-order chi connectivity index (χ1) is 28.2. The van der Waals surface area contributed by atoms with Crippen LogP contribution in [0.2, 0.25) is 0 Å². The molecule has 0 spiro atoms. The van der Waals surface area contributed by atoms with Crippen LogP contribution in [0.5, 0.6) is 23.0 Å². The molecular weight excluding hydrogens is 738 g/mol. The maximum Gasteiger partial charge on any atom is 0.260 e. The molecule has 0 saturated heterocycles. The van der Waals surface area contributed by atoms with Crippen LogP contribution in [0.1, 0.15) is 17.5 Å². The maximum absolute atomic E-state index is 6.57. The zero-order valence-electron chi connectivity index (χ0n) is 30.3. The van der Waals surface area contributed by atoms with Crippen molar-refractivity contribution < 1.29 is 9.47 Å². The fourth-order valence-corrected chi connectivity index (χ4v) is 11.7. The van der Waals surface area contributed by atoms with Gasteiger partial charge in [0, 0.05) is 49.8 Å². The molecule has 0 fully saturated rings. The summed E-state index contributed by atoms with van der Waals surface area (Å²) in [5.41, 5.74) is 14.6. The molecule has 6 heterocycles. The summed E-state index contributed by atoms with van der Waals surface area (Å²) in [6.45, 7) is 0.110. The van der Waals surface area contributed by atoms with Gasteiger partial charge in [-0.15, -0.1) is 0 Å².